The topological polar surface area (TPSA) is 96.4 Å². The molecule has 0 radical (unpaired) electrons. The Morgan fingerprint density at radius 2 is 1.91 bits per heavy atom. The van der Waals surface area contributed by atoms with Crippen molar-refractivity contribution >= 4 is 15.9 Å². The lowest BCUT2D eigenvalue weighted by molar-refractivity contribution is -0.135. The monoisotopic (exact) mass is 500 g/mol. The van der Waals surface area contributed by atoms with Gasteiger partial charge in [-0.2, -0.15) is 4.31 Å². The maximum atomic E-state index is 13.6. The Balaban J connectivity index is 2.04. The highest BCUT2D eigenvalue weighted by atomic mass is 32.2. The zero-order valence-corrected chi connectivity index (χ0v) is 21.3. The summed E-state index contributed by atoms with van der Waals surface area (Å²) < 4.78 is 39.6. The molecule has 9 heteroatoms. The minimum atomic E-state index is -3.95. The van der Waals surface area contributed by atoms with E-state index < -0.39 is 22.2 Å². The Morgan fingerprint density at radius 3 is 2.57 bits per heavy atom. The third kappa shape index (κ3) is 6.41. The molecule has 0 aromatic heterocycles. The first-order valence-electron chi connectivity index (χ1n) is 11.4. The smallest absolute Gasteiger partial charge is 0.248 e. The molecule has 1 N–H and O–H groups in total. The Kier molecular flexibility index (Phi) is 8.92. The molecule has 0 saturated heterocycles. The van der Waals surface area contributed by atoms with Crippen molar-refractivity contribution in [2.24, 2.45) is 5.92 Å². The number of hydrogen-bond donors (Lipinski definition) is 1. The lowest BCUT2D eigenvalue weighted by atomic mass is 10.0. The van der Waals surface area contributed by atoms with Crippen molar-refractivity contribution < 1.29 is 27.8 Å². The minimum absolute atomic E-state index is 0.00540. The number of methoxy groups -OCH3 is 1. The van der Waals surface area contributed by atoms with E-state index in [0.29, 0.717) is 5.56 Å². The number of aliphatic hydroxyl groups is 1. The van der Waals surface area contributed by atoms with Crippen molar-refractivity contribution in [1.29, 1.82) is 0 Å². The number of carbonyl (C=O) groups excluding carboxylic acids is 1. The number of aliphatic hydroxyl groups excluding tert-OH is 1. The number of benzene rings is 2. The Hall–Kier alpha value is -2.90. The number of fused-ring (bicyclic) bond motifs is 1. The van der Waals surface area contributed by atoms with Gasteiger partial charge in [0.15, 0.2) is 0 Å². The van der Waals surface area contributed by atoms with Crippen LogP contribution in [0.4, 0.5) is 0 Å². The summed E-state index contributed by atoms with van der Waals surface area (Å²) in [5.74, 6) is 5.82. The molecule has 0 unspecified atom stereocenters. The van der Waals surface area contributed by atoms with Gasteiger partial charge in [0.2, 0.25) is 15.9 Å². The van der Waals surface area contributed by atoms with Crippen molar-refractivity contribution in [2.75, 3.05) is 40.5 Å². The zero-order valence-electron chi connectivity index (χ0n) is 20.5. The Bertz CT molecular complexity index is 1190. The quantitative estimate of drug-likeness (QED) is 0.610. The molecular weight excluding hydrogens is 468 g/mol. The largest absolute Gasteiger partial charge is 0.487 e. The normalized spacial score (nSPS) is 20.3. The van der Waals surface area contributed by atoms with Crippen molar-refractivity contribution in [3.63, 3.8) is 0 Å². The molecule has 3 atom stereocenters. The molecule has 3 rings (SSSR count). The number of amides is 1. The van der Waals surface area contributed by atoms with E-state index in [9.17, 15) is 18.3 Å². The van der Waals surface area contributed by atoms with Gasteiger partial charge in [-0.25, -0.2) is 8.42 Å². The fraction of sp³-hybridized carbons (Fsp3) is 0.423. The van der Waals surface area contributed by atoms with Crippen LogP contribution in [-0.4, -0.2) is 81.2 Å². The van der Waals surface area contributed by atoms with Crippen molar-refractivity contribution in [1.82, 2.24) is 9.21 Å². The van der Waals surface area contributed by atoms with Crippen LogP contribution in [-0.2, 0) is 19.6 Å². The van der Waals surface area contributed by atoms with Gasteiger partial charge in [-0.3, -0.25) is 4.79 Å². The second-order valence-corrected chi connectivity index (χ2v) is 10.6. The van der Waals surface area contributed by atoms with Gasteiger partial charge in [0.25, 0.3) is 0 Å². The van der Waals surface area contributed by atoms with Crippen LogP contribution in [0, 0.1) is 17.8 Å². The number of hydrogen-bond acceptors (Lipinski definition) is 6. The van der Waals surface area contributed by atoms with Gasteiger partial charge in [0, 0.05) is 43.8 Å². The third-order valence-electron chi connectivity index (χ3n) is 5.94. The Labute approximate surface area is 207 Å². The molecule has 0 fully saturated rings. The van der Waals surface area contributed by atoms with E-state index in [-0.39, 0.29) is 48.8 Å². The van der Waals surface area contributed by atoms with E-state index in [4.69, 9.17) is 9.47 Å². The molecule has 8 nitrogen and oxygen atoms in total. The van der Waals surface area contributed by atoms with Crippen molar-refractivity contribution in [2.45, 2.75) is 30.9 Å². The molecule has 35 heavy (non-hydrogen) atoms. The number of ether oxygens (including phenoxy) is 2. The van der Waals surface area contributed by atoms with Gasteiger partial charge in [0.05, 0.1) is 13.2 Å². The lowest BCUT2D eigenvalue weighted by Crippen LogP contribution is -2.50. The summed E-state index contributed by atoms with van der Waals surface area (Å²) in [7, 11) is -0.839. The van der Waals surface area contributed by atoms with E-state index in [0.717, 1.165) is 5.56 Å². The van der Waals surface area contributed by atoms with E-state index in [1.54, 1.807) is 26.1 Å². The molecule has 1 amide bonds. The van der Waals surface area contributed by atoms with Crippen LogP contribution in [0.1, 0.15) is 25.0 Å². The summed E-state index contributed by atoms with van der Waals surface area (Å²) in [6, 6.07) is 13.6. The van der Waals surface area contributed by atoms with E-state index in [1.807, 2.05) is 37.3 Å². The molecule has 0 aliphatic carbocycles. The standard InChI is InChI=1S/C26H32N2O6S/c1-19-15-28(20(2)17-29)35(31,32)25-13-12-22(11-10-21-8-6-5-7-9-21)14-23(25)34-24(19)16-27(3)26(30)18-33-4/h5-9,12-14,19-20,24,29H,15-18H2,1-4H3/t19-,20+,24-/m0/s1. The summed E-state index contributed by atoms with van der Waals surface area (Å²) in [5.41, 5.74) is 1.43. The summed E-state index contributed by atoms with van der Waals surface area (Å²) >= 11 is 0. The summed E-state index contributed by atoms with van der Waals surface area (Å²) in [6.45, 7) is 3.53. The maximum absolute atomic E-state index is 13.6. The number of likely N-dealkylation sites (N-methyl/N-ethyl adjacent to an activating group) is 1. The van der Waals surface area contributed by atoms with Crippen molar-refractivity contribution in [3.8, 4) is 17.6 Å². The number of rotatable bonds is 6. The molecule has 1 heterocycles. The molecule has 1 aliphatic rings. The highest BCUT2D eigenvalue weighted by Crippen LogP contribution is 2.34. The zero-order chi connectivity index (χ0) is 25.6. The first-order chi connectivity index (χ1) is 16.7. The predicted molar refractivity (Wildman–Crippen MR) is 132 cm³/mol. The highest BCUT2D eigenvalue weighted by molar-refractivity contribution is 7.89. The van der Waals surface area contributed by atoms with Gasteiger partial charge < -0.3 is 19.5 Å². The first kappa shape index (κ1) is 26.7. The van der Waals surface area contributed by atoms with Crippen LogP contribution >= 0.6 is 0 Å². The van der Waals surface area contributed by atoms with Gasteiger partial charge >= 0.3 is 0 Å². The average Bonchev–Trinajstić information content (AvgIpc) is 2.85. The minimum Gasteiger partial charge on any atom is -0.487 e. The average molecular weight is 501 g/mol. The second-order valence-electron chi connectivity index (χ2n) is 8.72. The molecule has 188 valence electrons. The fourth-order valence-corrected chi connectivity index (χ4v) is 5.62. The number of sulfonamides is 1. The van der Waals surface area contributed by atoms with Crippen LogP contribution in [0.2, 0.25) is 0 Å². The van der Waals surface area contributed by atoms with E-state index in [1.165, 1.54) is 22.4 Å². The van der Waals surface area contributed by atoms with Crippen molar-refractivity contribution in [3.05, 3.63) is 59.7 Å². The van der Waals surface area contributed by atoms with Crippen LogP contribution in [0.3, 0.4) is 0 Å². The first-order valence-corrected chi connectivity index (χ1v) is 12.8. The molecule has 0 saturated carbocycles. The summed E-state index contributed by atoms with van der Waals surface area (Å²) in [6.07, 6.45) is -0.499. The molecule has 1 aliphatic heterocycles. The third-order valence-corrected chi connectivity index (χ3v) is 7.96. The SMILES string of the molecule is COCC(=O)N(C)C[C@@H]1Oc2cc(C#Cc3ccccc3)ccc2S(=O)(=O)N([C@H](C)CO)C[C@@H]1C. The van der Waals surface area contributed by atoms with Gasteiger partial charge in [-0.05, 0) is 37.3 Å². The summed E-state index contributed by atoms with van der Waals surface area (Å²) in [5, 5.41) is 9.76. The summed E-state index contributed by atoms with van der Waals surface area (Å²) in [4.78, 5) is 13.8. The van der Waals surface area contributed by atoms with E-state index in [2.05, 4.69) is 11.8 Å². The lowest BCUT2D eigenvalue weighted by Gasteiger charge is -2.37. The Morgan fingerprint density at radius 1 is 1.23 bits per heavy atom. The van der Waals surface area contributed by atoms with Crippen LogP contribution < -0.4 is 4.74 Å². The number of carbonyl (C=O) groups is 1. The molecule has 0 bridgehead atoms. The van der Waals surface area contributed by atoms with Gasteiger partial charge in [-0.1, -0.05) is 37.0 Å². The van der Waals surface area contributed by atoms with Gasteiger partial charge in [-0.15, -0.1) is 0 Å². The fourth-order valence-electron chi connectivity index (χ4n) is 3.79. The van der Waals surface area contributed by atoms with Crippen LogP contribution in [0.25, 0.3) is 0 Å². The van der Waals surface area contributed by atoms with E-state index >= 15 is 0 Å². The number of nitrogens with zero attached hydrogens (tertiary/aromatic N) is 2. The highest BCUT2D eigenvalue weighted by Gasteiger charge is 2.38. The van der Waals surface area contributed by atoms with Crippen LogP contribution in [0.5, 0.6) is 5.75 Å². The van der Waals surface area contributed by atoms with Crippen LogP contribution in [0.15, 0.2) is 53.4 Å². The molecular formula is C26H32N2O6S. The maximum Gasteiger partial charge on any atom is 0.248 e. The molecule has 0 spiro atoms. The molecule has 2 aromatic carbocycles. The second kappa shape index (κ2) is 11.7. The van der Waals surface area contributed by atoms with Gasteiger partial charge in [0.1, 0.15) is 23.4 Å². The predicted octanol–water partition coefficient (Wildman–Crippen LogP) is 1.96. The molecule has 2 aromatic rings.